The van der Waals surface area contributed by atoms with Crippen LogP contribution in [0.5, 0.6) is 5.75 Å². The number of phenolic OH excluding ortho intramolecular Hbond substituents is 1. The number of para-hydroxylation sites is 1. The minimum atomic E-state index is -0.952. The van der Waals surface area contributed by atoms with E-state index in [2.05, 4.69) is 47.7 Å². The number of nitrogen functional groups attached to an aromatic ring is 1. The number of aromatic nitrogens is 5. The van der Waals surface area contributed by atoms with E-state index in [0.29, 0.717) is 28.6 Å². The number of nitrogens with two attached hydrogens (primary N) is 1. The van der Waals surface area contributed by atoms with Crippen LogP contribution in [0.1, 0.15) is 80.1 Å². The highest BCUT2D eigenvalue weighted by Gasteiger charge is 2.44. The summed E-state index contributed by atoms with van der Waals surface area (Å²) >= 11 is 1.58. The Kier molecular flexibility index (Phi) is 15.2. The SMILES string of the molecule is Cc1ncsc1-c1ccc(CNC(=O)[C@@H]2C[C@@H](O)CN2C(=O)[C@@H](NC(=O)c2ccc(C#CCCCN3CCC(Cn4cc(-c5cc(-c6ccccc6O)nnc5N)cn4)CC3)cc2)C(C)(C)C)cc1. The Balaban J connectivity index is 0.771. The summed E-state index contributed by atoms with van der Waals surface area (Å²) in [5, 5.41) is 39.8. The summed E-state index contributed by atoms with van der Waals surface area (Å²) in [4.78, 5) is 50.6. The molecule has 358 valence electrons. The highest BCUT2D eigenvalue weighted by Crippen LogP contribution is 2.33. The van der Waals surface area contributed by atoms with Crippen LogP contribution in [-0.4, -0.2) is 107 Å². The van der Waals surface area contributed by atoms with Crippen molar-refractivity contribution in [3.8, 4) is 50.4 Å². The van der Waals surface area contributed by atoms with E-state index in [-0.39, 0.29) is 31.2 Å². The van der Waals surface area contributed by atoms with Gasteiger partial charge in [0, 0.05) is 66.5 Å². The molecule has 3 amide bonds. The van der Waals surface area contributed by atoms with Crippen molar-refractivity contribution in [2.24, 2.45) is 11.3 Å². The maximum absolute atomic E-state index is 14.2. The summed E-state index contributed by atoms with van der Waals surface area (Å²) in [6, 6.07) is 22.0. The number of aliphatic hydroxyl groups is 1. The molecule has 2 aliphatic rings. The monoisotopic (exact) mass is 948 g/mol. The second-order valence-corrected chi connectivity index (χ2v) is 20.0. The molecule has 69 heavy (non-hydrogen) atoms. The number of thiazole rings is 1. The highest BCUT2D eigenvalue weighted by molar-refractivity contribution is 7.13. The Hall–Kier alpha value is -6.93. The predicted molar refractivity (Wildman–Crippen MR) is 267 cm³/mol. The first-order valence-electron chi connectivity index (χ1n) is 23.5. The molecule has 0 radical (unpaired) electrons. The van der Waals surface area contributed by atoms with Gasteiger partial charge in [-0.15, -0.1) is 21.5 Å². The fourth-order valence-corrected chi connectivity index (χ4v) is 9.78. The van der Waals surface area contributed by atoms with Crippen LogP contribution in [0, 0.1) is 30.1 Å². The van der Waals surface area contributed by atoms with Crippen LogP contribution in [0.15, 0.2) is 96.8 Å². The molecule has 6 N–H and O–H groups in total. The Morgan fingerprint density at radius 2 is 1.72 bits per heavy atom. The number of phenols is 1. The number of benzene rings is 3. The number of rotatable bonds is 14. The zero-order chi connectivity index (χ0) is 48.7. The van der Waals surface area contributed by atoms with Gasteiger partial charge in [-0.1, -0.05) is 69.0 Å². The molecule has 2 aliphatic heterocycles. The van der Waals surface area contributed by atoms with Crippen LogP contribution in [0.25, 0.3) is 32.8 Å². The Labute approximate surface area is 407 Å². The maximum Gasteiger partial charge on any atom is 0.251 e. The van der Waals surface area contributed by atoms with Gasteiger partial charge in [-0.05, 0) is 111 Å². The summed E-state index contributed by atoms with van der Waals surface area (Å²) < 4.78 is 1.97. The number of hydrogen-bond donors (Lipinski definition) is 5. The molecule has 6 aromatic rings. The van der Waals surface area contributed by atoms with Gasteiger partial charge in [0.2, 0.25) is 11.8 Å². The molecule has 2 fully saturated rings. The van der Waals surface area contributed by atoms with Crippen molar-refractivity contribution in [3.63, 3.8) is 0 Å². The molecule has 0 spiro atoms. The van der Waals surface area contributed by atoms with Crippen molar-refractivity contribution in [2.45, 2.75) is 91.1 Å². The molecule has 3 aromatic heterocycles. The van der Waals surface area contributed by atoms with Gasteiger partial charge in [0.15, 0.2) is 5.82 Å². The van der Waals surface area contributed by atoms with Crippen LogP contribution in [0.3, 0.4) is 0 Å². The van der Waals surface area contributed by atoms with Crippen molar-refractivity contribution in [1.82, 2.24) is 45.4 Å². The van der Waals surface area contributed by atoms with Crippen LogP contribution < -0.4 is 16.4 Å². The zero-order valence-corrected chi connectivity index (χ0v) is 40.4. The highest BCUT2D eigenvalue weighted by atomic mass is 32.1. The number of β-amino-alcohol motifs (C(OH)–C–C–N with tert-alkyl or cyclic N) is 1. The number of unbranched alkanes of at least 4 members (excludes halogenated alkanes) is 1. The van der Waals surface area contributed by atoms with Crippen molar-refractivity contribution < 1.29 is 24.6 Å². The van der Waals surface area contributed by atoms with Crippen LogP contribution >= 0.6 is 11.3 Å². The van der Waals surface area contributed by atoms with Gasteiger partial charge >= 0.3 is 0 Å². The van der Waals surface area contributed by atoms with E-state index >= 15 is 0 Å². The first-order chi connectivity index (χ1) is 33.2. The van der Waals surface area contributed by atoms with Crippen molar-refractivity contribution in [3.05, 3.63) is 119 Å². The molecule has 0 unspecified atom stereocenters. The maximum atomic E-state index is 14.2. The molecule has 15 nitrogen and oxygen atoms in total. The largest absolute Gasteiger partial charge is 0.507 e. The second-order valence-electron chi connectivity index (χ2n) is 19.1. The van der Waals surface area contributed by atoms with Gasteiger partial charge < -0.3 is 36.4 Å². The number of aryl methyl sites for hydroxylation is 1. The number of aliphatic hydroxyl groups excluding tert-OH is 1. The number of carbonyl (C=O) groups excluding carboxylic acids is 3. The third-order valence-electron chi connectivity index (χ3n) is 12.9. The first kappa shape index (κ1) is 48.5. The van der Waals surface area contributed by atoms with E-state index in [1.54, 1.807) is 47.9 Å². The normalized spacial score (nSPS) is 17.0. The van der Waals surface area contributed by atoms with Crippen LogP contribution in [0.2, 0.25) is 0 Å². The molecule has 5 heterocycles. The van der Waals surface area contributed by atoms with Crippen LogP contribution in [-0.2, 0) is 22.7 Å². The van der Waals surface area contributed by atoms with E-state index in [1.807, 2.05) is 92.6 Å². The van der Waals surface area contributed by atoms with Gasteiger partial charge in [0.05, 0.1) is 34.1 Å². The fourth-order valence-electron chi connectivity index (χ4n) is 8.97. The van der Waals surface area contributed by atoms with Gasteiger partial charge in [-0.25, -0.2) is 4.98 Å². The number of anilines is 1. The summed E-state index contributed by atoms with van der Waals surface area (Å²) in [6.07, 6.45) is 6.89. The van der Waals surface area contributed by atoms with Crippen molar-refractivity contribution in [1.29, 1.82) is 0 Å². The third kappa shape index (κ3) is 12.0. The molecule has 0 bridgehead atoms. The van der Waals surface area contributed by atoms with E-state index in [9.17, 15) is 24.6 Å². The molecule has 16 heteroatoms. The van der Waals surface area contributed by atoms with E-state index in [4.69, 9.17) is 5.73 Å². The lowest BCUT2D eigenvalue weighted by Gasteiger charge is -2.35. The standard InChI is InChI=1S/C53H60N10O5S/c1-34-47(69-33-56-34)38-17-15-36(16-18-38)28-55-51(67)45-26-41(64)32-63(45)52(68)48(53(2,3)4)58-50(66)39-19-13-35(14-20-39)10-6-5-9-23-61-24-21-37(22-25-61)30-62-31-40(29-57-62)43-27-44(59-60-49(43)54)42-11-7-8-12-46(42)65/h7-8,11-20,27,29,31,33,37,41,45,48,64-65H,5,9,21-26,28,30,32H2,1-4H3,(H2,54,60)(H,55,67)(H,58,66)/t41-,45+,48-/m1/s1. The Morgan fingerprint density at radius 1 is 0.971 bits per heavy atom. The topological polar surface area (TPSA) is 205 Å². The Bertz CT molecular complexity index is 2820. The number of aromatic hydroxyl groups is 1. The molecular formula is C53H60N10O5S. The lowest BCUT2D eigenvalue weighted by Crippen LogP contribution is -2.57. The predicted octanol–water partition coefficient (Wildman–Crippen LogP) is 6.69. The number of piperidine rings is 1. The average Bonchev–Trinajstić information content (AvgIpc) is 4.10. The number of nitrogens with one attached hydrogen (secondary N) is 2. The summed E-state index contributed by atoms with van der Waals surface area (Å²) in [7, 11) is 0. The lowest BCUT2D eigenvalue weighted by atomic mass is 9.85. The fraction of sp³-hybridized carbons (Fsp3) is 0.377. The van der Waals surface area contributed by atoms with Crippen molar-refractivity contribution in [2.75, 3.05) is 31.9 Å². The number of likely N-dealkylation sites (tertiary alicyclic amines) is 2. The van der Waals surface area contributed by atoms with Crippen molar-refractivity contribution >= 4 is 34.9 Å². The lowest BCUT2D eigenvalue weighted by molar-refractivity contribution is -0.142. The molecule has 3 aromatic carbocycles. The minimum absolute atomic E-state index is 0.00232. The third-order valence-corrected chi connectivity index (χ3v) is 13.9. The van der Waals surface area contributed by atoms with Gasteiger partial charge in [-0.3, -0.25) is 19.1 Å². The molecule has 0 aliphatic carbocycles. The summed E-state index contributed by atoms with van der Waals surface area (Å²) in [6.45, 7) is 11.7. The molecule has 2 saturated heterocycles. The van der Waals surface area contributed by atoms with Crippen LogP contribution in [0.4, 0.5) is 5.82 Å². The van der Waals surface area contributed by atoms with E-state index < -0.39 is 35.4 Å². The molecule has 8 rings (SSSR count). The van der Waals surface area contributed by atoms with Gasteiger partial charge in [0.1, 0.15) is 17.8 Å². The quantitative estimate of drug-likeness (QED) is 0.0575. The van der Waals surface area contributed by atoms with E-state index in [0.717, 1.165) is 90.3 Å². The van der Waals surface area contributed by atoms with Gasteiger partial charge in [-0.2, -0.15) is 5.10 Å². The first-order valence-corrected chi connectivity index (χ1v) is 24.4. The zero-order valence-electron chi connectivity index (χ0n) is 39.6. The average molecular weight is 949 g/mol. The molecule has 3 atom stereocenters. The molecule has 0 saturated carbocycles. The second kappa shape index (κ2) is 21.6. The summed E-state index contributed by atoms with van der Waals surface area (Å²) in [5.41, 5.74) is 14.2. The summed E-state index contributed by atoms with van der Waals surface area (Å²) in [5.74, 6) is 6.27. The number of nitrogens with zero attached hydrogens (tertiary/aromatic N) is 7. The number of carbonyl (C=O) groups is 3. The van der Waals surface area contributed by atoms with Gasteiger partial charge in [0.25, 0.3) is 5.91 Å². The smallest absolute Gasteiger partial charge is 0.251 e. The number of amides is 3. The van der Waals surface area contributed by atoms with E-state index in [1.165, 1.54) is 4.90 Å². The molecular weight excluding hydrogens is 889 g/mol. The minimum Gasteiger partial charge on any atom is -0.507 e. The Morgan fingerprint density at radius 3 is 2.43 bits per heavy atom. The number of hydrogen-bond acceptors (Lipinski definition) is 12.